The van der Waals surface area contributed by atoms with E-state index in [0.29, 0.717) is 39.1 Å². The van der Waals surface area contributed by atoms with Crippen LogP contribution in [0.15, 0.2) is 0 Å². The molecule has 1 rings (SSSR count). The number of hydrogen-bond donors (Lipinski definition) is 1. The highest BCUT2D eigenvalue weighted by molar-refractivity contribution is 5.86. The molecule has 1 heterocycles. The summed E-state index contributed by atoms with van der Waals surface area (Å²) in [6.45, 7) is 6.32. The average molecular weight is 281 g/mol. The molecule has 1 aliphatic heterocycles. The summed E-state index contributed by atoms with van der Waals surface area (Å²) in [5.41, 5.74) is -0.990. The van der Waals surface area contributed by atoms with Crippen LogP contribution < -0.4 is 5.32 Å². The predicted molar refractivity (Wildman–Crippen MR) is 73.7 cm³/mol. The van der Waals surface area contributed by atoms with E-state index in [2.05, 4.69) is 11.4 Å². The van der Waals surface area contributed by atoms with Gasteiger partial charge in [0.1, 0.15) is 5.41 Å². The Balaban J connectivity index is 2.43. The minimum absolute atomic E-state index is 0.0216. The van der Waals surface area contributed by atoms with E-state index in [1.165, 1.54) is 0 Å². The molecule has 2 amide bonds. The SMILES string of the molecule is CCN(CC)C(=O)CCNC(=O)C1(C#N)CCOCC1. The summed E-state index contributed by atoms with van der Waals surface area (Å²) >= 11 is 0. The zero-order chi connectivity index (χ0) is 15.0. The number of nitrogens with one attached hydrogen (secondary N) is 1. The Kier molecular flexibility index (Phi) is 6.46. The van der Waals surface area contributed by atoms with Gasteiger partial charge in [0.2, 0.25) is 11.8 Å². The summed E-state index contributed by atoms with van der Waals surface area (Å²) in [6, 6.07) is 2.11. The van der Waals surface area contributed by atoms with Gasteiger partial charge in [0.05, 0.1) is 6.07 Å². The highest BCUT2D eigenvalue weighted by Crippen LogP contribution is 2.29. The molecule has 1 aliphatic rings. The lowest BCUT2D eigenvalue weighted by atomic mass is 9.81. The van der Waals surface area contributed by atoms with Gasteiger partial charge in [0, 0.05) is 39.3 Å². The lowest BCUT2D eigenvalue weighted by Crippen LogP contribution is -2.44. The second kappa shape index (κ2) is 7.85. The van der Waals surface area contributed by atoms with E-state index in [-0.39, 0.29) is 24.8 Å². The van der Waals surface area contributed by atoms with Crippen molar-refractivity contribution in [2.24, 2.45) is 5.41 Å². The van der Waals surface area contributed by atoms with Crippen molar-refractivity contribution < 1.29 is 14.3 Å². The quantitative estimate of drug-likeness (QED) is 0.776. The molecule has 0 aromatic heterocycles. The third kappa shape index (κ3) is 3.94. The van der Waals surface area contributed by atoms with Gasteiger partial charge in [-0.3, -0.25) is 9.59 Å². The Morgan fingerprint density at radius 2 is 1.90 bits per heavy atom. The van der Waals surface area contributed by atoms with Gasteiger partial charge in [-0.1, -0.05) is 0 Å². The zero-order valence-corrected chi connectivity index (χ0v) is 12.3. The van der Waals surface area contributed by atoms with E-state index in [4.69, 9.17) is 4.74 Å². The van der Waals surface area contributed by atoms with E-state index in [9.17, 15) is 14.9 Å². The minimum atomic E-state index is -0.990. The predicted octanol–water partition coefficient (Wildman–Crippen LogP) is 0.681. The third-order valence-electron chi connectivity index (χ3n) is 3.74. The molecule has 6 heteroatoms. The van der Waals surface area contributed by atoms with Crippen LogP contribution in [0.5, 0.6) is 0 Å². The Morgan fingerprint density at radius 3 is 2.40 bits per heavy atom. The highest BCUT2D eigenvalue weighted by atomic mass is 16.5. The van der Waals surface area contributed by atoms with E-state index >= 15 is 0 Å². The van der Waals surface area contributed by atoms with Gasteiger partial charge < -0.3 is 15.0 Å². The standard InChI is InChI=1S/C14H23N3O3/c1-3-17(4-2)12(18)5-8-16-13(19)14(11-15)6-9-20-10-7-14/h3-10H2,1-2H3,(H,16,19). The maximum absolute atomic E-state index is 12.1. The number of nitriles is 1. The fourth-order valence-electron chi connectivity index (χ4n) is 2.30. The monoisotopic (exact) mass is 281 g/mol. The van der Waals surface area contributed by atoms with Crippen LogP contribution in [0.1, 0.15) is 33.1 Å². The first-order valence-corrected chi connectivity index (χ1v) is 7.14. The molecular weight excluding hydrogens is 258 g/mol. The lowest BCUT2D eigenvalue weighted by Gasteiger charge is -2.29. The van der Waals surface area contributed by atoms with Crippen molar-refractivity contribution in [2.75, 3.05) is 32.8 Å². The van der Waals surface area contributed by atoms with Crippen LogP contribution in [0.25, 0.3) is 0 Å². The van der Waals surface area contributed by atoms with Crippen LogP contribution in [0.3, 0.4) is 0 Å². The van der Waals surface area contributed by atoms with Gasteiger partial charge in [0.25, 0.3) is 0 Å². The molecule has 1 N–H and O–H groups in total. The van der Waals surface area contributed by atoms with E-state index in [1.54, 1.807) is 4.90 Å². The molecule has 0 aromatic carbocycles. The zero-order valence-electron chi connectivity index (χ0n) is 12.3. The van der Waals surface area contributed by atoms with Crippen LogP contribution in [0, 0.1) is 16.7 Å². The van der Waals surface area contributed by atoms with Crippen LogP contribution in [0.2, 0.25) is 0 Å². The molecule has 0 aliphatic carbocycles. The first kappa shape index (κ1) is 16.4. The molecular formula is C14H23N3O3. The van der Waals surface area contributed by atoms with Crippen molar-refractivity contribution in [3.05, 3.63) is 0 Å². The number of ether oxygens (including phenoxy) is 1. The van der Waals surface area contributed by atoms with Crippen LogP contribution in [-0.2, 0) is 14.3 Å². The fourth-order valence-corrected chi connectivity index (χ4v) is 2.30. The van der Waals surface area contributed by atoms with Gasteiger partial charge in [0.15, 0.2) is 0 Å². The third-order valence-corrected chi connectivity index (χ3v) is 3.74. The Labute approximate surface area is 120 Å². The van der Waals surface area contributed by atoms with E-state index < -0.39 is 5.41 Å². The summed E-state index contributed by atoms with van der Waals surface area (Å²) in [5.74, 6) is -0.260. The topological polar surface area (TPSA) is 82.4 Å². The molecule has 1 fully saturated rings. The lowest BCUT2D eigenvalue weighted by molar-refractivity contribution is -0.133. The molecule has 0 spiro atoms. The molecule has 0 aromatic rings. The van der Waals surface area contributed by atoms with E-state index in [0.717, 1.165) is 0 Å². The molecule has 0 unspecified atom stereocenters. The molecule has 0 bridgehead atoms. The molecule has 20 heavy (non-hydrogen) atoms. The summed E-state index contributed by atoms with van der Waals surface area (Å²) < 4.78 is 5.19. The molecule has 6 nitrogen and oxygen atoms in total. The second-order valence-electron chi connectivity index (χ2n) is 4.88. The second-order valence-corrected chi connectivity index (χ2v) is 4.88. The van der Waals surface area contributed by atoms with Gasteiger partial charge in [-0.15, -0.1) is 0 Å². The molecule has 0 radical (unpaired) electrons. The number of rotatable bonds is 6. The summed E-state index contributed by atoms with van der Waals surface area (Å²) in [4.78, 5) is 25.7. The first-order chi connectivity index (χ1) is 9.59. The first-order valence-electron chi connectivity index (χ1n) is 7.14. The summed E-state index contributed by atoms with van der Waals surface area (Å²) in [6.07, 6.45) is 1.10. The van der Waals surface area contributed by atoms with Crippen molar-refractivity contribution >= 4 is 11.8 Å². The van der Waals surface area contributed by atoms with E-state index in [1.807, 2.05) is 13.8 Å². The number of nitrogens with zero attached hydrogens (tertiary/aromatic N) is 2. The Morgan fingerprint density at radius 1 is 1.30 bits per heavy atom. The van der Waals surface area contributed by atoms with Gasteiger partial charge in [-0.2, -0.15) is 5.26 Å². The number of amides is 2. The van der Waals surface area contributed by atoms with Gasteiger partial charge in [-0.05, 0) is 26.7 Å². The van der Waals surface area contributed by atoms with Crippen molar-refractivity contribution in [3.8, 4) is 6.07 Å². The Hall–Kier alpha value is -1.61. The number of carbonyl (C=O) groups excluding carboxylic acids is 2. The maximum atomic E-state index is 12.1. The fraction of sp³-hybridized carbons (Fsp3) is 0.786. The maximum Gasteiger partial charge on any atom is 0.240 e. The Bertz CT molecular complexity index is 380. The summed E-state index contributed by atoms with van der Waals surface area (Å²) in [7, 11) is 0. The van der Waals surface area contributed by atoms with Gasteiger partial charge in [-0.25, -0.2) is 0 Å². The van der Waals surface area contributed by atoms with Gasteiger partial charge >= 0.3 is 0 Å². The van der Waals surface area contributed by atoms with Crippen molar-refractivity contribution in [1.82, 2.24) is 10.2 Å². The minimum Gasteiger partial charge on any atom is -0.381 e. The highest BCUT2D eigenvalue weighted by Gasteiger charge is 2.40. The largest absolute Gasteiger partial charge is 0.381 e. The van der Waals surface area contributed by atoms with Crippen molar-refractivity contribution in [1.29, 1.82) is 5.26 Å². The molecule has 0 atom stereocenters. The number of hydrogen-bond acceptors (Lipinski definition) is 4. The van der Waals surface area contributed by atoms with Crippen molar-refractivity contribution in [3.63, 3.8) is 0 Å². The molecule has 1 saturated heterocycles. The smallest absolute Gasteiger partial charge is 0.240 e. The number of carbonyl (C=O) groups is 2. The summed E-state index contributed by atoms with van der Waals surface area (Å²) in [5, 5.41) is 12.0. The van der Waals surface area contributed by atoms with Crippen LogP contribution in [-0.4, -0.2) is 49.6 Å². The van der Waals surface area contributed by atoms with Crippen molar-refractivity contribution in [2.45, 2.75) is 33.1 Å². The van der Waals surface area contributed by atoms with Crippen LogP contribution >= 0.6 is 0 Å². The normalized spacial score (nSPS) is 17.1. The molecule has 0 saturated carbocycles. The average Bonchev–Trinajstić information content (AvgIpc) is 2.49. The molecule has 112 valence electrons. The van der Waals surface area contributed by atoms with Crippen LogP contribution in [0.4, 0.5) is 0 Å².